The maximum atomic E-state index is 12.8. The fourth-order valence-corrected chi connectivity index (χ4v) is 3.00. The van der Waals surface area contributed by atoms with Gasteiger partial charge in [0.1, 0.15) is 0 Å². The summed E-state index contributed by atoms with van der Waals surface area (Å²) in [7, 11) is 0. The summed E-state index contributed by atoms with van der Waals surface area (Å²) in [5.74, 6) is 0.0673. The molecule has 0 saturated carbocycles. The quantitative estimate of drug-likeness (QED) is 0.811. The number of aryl methyl sites for hydroxylation is 2. The molecule has 23 heavy (non-hydrogen) atoms. The van der Waals surface area contributed by atoms with E-state index < -0.39 is 0 Å². The topological polar surface area (TPSA) is 53.5 Å². The third-order valence-corrected chi connectivity index (χ3v) is 4.40. The summed E-state index contributed by atoms with van der Waals surface area (Å²) in [4.78, 5) is 32.3. The van der Waals surface area contributed by atoms with Crippen LogP contribution in [-0.2, 0) is 4.79 Å². The fraction of sp³-hybridized carbons (Fsp3) is 0.389. The Kier molecular flexibility index (Phi) is 4.03. The van der Waals surface area contributed by atoms with Crippen LogP contribution in [0, 0.1) is 13.8 Å². The van der Waals surface area contributed by atoms with Crippen molar-refractivity contribution in [3.8, 4) is 0 Å². The molecule has 0 atom stereocenters. The lowest BCUT2D eigenvalue weighted by molar-refractivity contribution is -0.130. The van der Waals surface area contributed by atoms with Crippen LogP contribution in [0.5, 0.6) is 0 Å². The highest BCUT2D eigenvalue weighted by molar-refractivity contribution is 5.98. The minimum Gasteiger partial charge on any atom is -0.339 e. The zero-order valence-electron chi connectivity index (χ0n) is 13.8. The lowest BCUT2D eigenvalue weighted by Gasteiger charge is -2.34. The Labute approximate surface area is 135 Å². The van der Waals surface area contributed by atoms with Crippen LogP contribution in [0.15, 0.2) is 24.3 Å². The largest absolute Gasteiger partial charge is 0.339 e. The summed E-state index contributed by atoms with van der Waals surface area (Å²) < 4.78 is 0. The van der Waals surface area contributed by atoms with Gasteiger partial charge >= 0.3 is 0 Å². The monoisotopic (exact) mass is 311 g/mol. The van der Waals surface area contributed by atoms with Crippen LogP contribution in [0.25, 0.3) is 10.9 Å². The van der Waals surface area contributed by atoms with Gasteiger partial charge in [-0.2, -0.15) is 0 Å². The second-order valence-corrected chi connectivity index (χ2v) is 6.12. The Morgan fingerprint density at radius 1 is 1.00 bits per heavy atom. The van der Waals surface area contributed by atoms with E-state index in [9.17, 15) is 9.59 Å². The van der Waals surface area contributed by atoms with E-state index in [1.165, 1.54) is 0 Å². The maximum absolute atomic E-state index is 12.8. The first kappa shape index (κ1) is 15.5. The van der Waals surface area contributed by atoms with E-state index in [0.717, 1.165) is 22.2 Å². The maximum Gasteiger partial charge on any atom is 0.255 e. The molecule has 5 nitrogen and oxygen atoms in total. The molecule has 5 heteroatoms. The molecule has 1 aliphatic rings. The van der Waals surface area contributed by atoms with E-state index in [0.29, 0.717) is 31.7 Å². The Bertz CT molecular complexity index is 777. The molecule has 0 bridgehead atoms. The molecule has 0 aliphatic carbocycles. The van der Waals surface area contributed by atoms with Crippen molar-refractivity contribution in [2.75, 3.05) is 26.2 Å². The van der Waals surface area contributed by atoms with Gasteiger partial charge in [-0.25, -0.2) is 0 Å². The molecule has 1 aromatic heterocycles. The molecule has 1 aromatic carbocycles. The molecule has 120 valence electrons. The fourth-order valence-electron chi connectivity index (χ4n) is 3.00. The smallest absolute Gasteiger partial charge is 0.255 e. The molecule has 2 heterocycles. The highest BCUT2D eigenvalue weighted by Gasteiger charge is 2.24. The summed E-state index contributed by atoms with van der Waals surface area (Å²) >= 11 is 0. The van der Waals surface area contributed by atoms with Gasteiger partial charge in [-0.15, -0.1) is 0 Å². The Balaban J connectivity index is 1.86. The molecular weight excluding hydrogens is 290 g/mol. The van der Waals surface area contributed by atoms with Gasteiger partial charge < -0.3 is 9.80 Å². The summed E-state index contributed by atoms with van der Waals surface area (Å²) in [6.07, 6.45) is 0. The Hall–Kier alpha value is -2.43. The van der Waals surface area contributed by atoms with Crippen LogP contribution in [0.3, 0.4) is 0 Å². The molecule has 0 spiro atoms. The second kappa shape index (κ2) is 5.99. The van der Waals surface area contributed by atoms with Crippen molar-refractivity contribution in [3.05, 3.63) is 41.1 Å². The average molecular weight is 311 g/mol. The standard InChI is InChI=1S/C18H21N3O2/c1-12-4-5-17-15(10-12)11-16(13(2)19-17)18(23)21-8-6-20(7-9-21)14(3)22/h4-5,10-11H,6-9H2,1-3H3. The number of amides is 2. The number of carbonyl (C=O) groups is 2. The van der Waals surface area contributed by atoms with E-state index >= 15 is 0 Å². The lowest BCUT2D eigenvalue weighted by atomic mass is 10.1. The summed E-state index contributed by atoms with van der Waals surface area (Å²) in [5, 5.41) is 0.987. The molecule has 0 N–H and O–H groups in total. The molecule has 2 amide bonds. The van der Waals surface area contributed by atoms with Crippen LogP contribution in [0.1, 0.15) is 28.5 Å². The number of pyridine rings is 1. The van der Waals surface area contributed by atoms with Crippen LogP contribution in [0.4, 0.5) is 0 Å². The number of hydrogen-bond donors (Lipinski definition) is 0. The van der Waals surface area contributed by atoms with Crippen molar-refractivity contribution in [2.45, 2.75) is 20.8 Å². The average Bonchev–Trinajstić information content (AvgIpc) is 2.54. The Morgan fingerprint density at radius 2 is 1.65 bits per heavy atom. The second-order valence-electron chi connectivity index (χ2n) is 6.12. The van der Waals surface area contributed by atoms with E-state index in [1.807, 2.05) is 43.0 Å². The van der Waals surface area contributed by atoms with Crippen molar-refractivity contribution in [2.24, 2.45) is 0 Å². The van der Waals surface area contributed by atoms with Crippen molar-refractivity contribution in [3.63, 3.8) is 0 Å². The first-order valence-corrected chi connectivity index (χ1v) is 7.88. The van der Waals surface area contributed by atoms with E-state index in [4.69, 9.17) is 0 Å². The van der Waals surface area contributed by atoms with Crippen molar-refractivity contribution >= 4 is 22.7 Å². The molecule has 0 unspecified atom stereocenters. The van der Waals surface area contributed by atoms with Crippen molar-refractivity contribution < 1.29 is 9.59 Å². The number of aromatic nitrogens is 1. The predicted octanol–water partition coefficient (Wildman–Crippen LogP) is 2.16. The normalized spacial score (nSPS) is 15.1. The van der Waals surface area contributed by atoms with Gasteiger partial charge in [0.25, 0.3) is 5.91 Å². The highest BCUT2D eigenvalue weighted by Crippen LogP contribution is 2.20. The minimum absolute atomic E-state index is 0.00149. The zero-order valence-corrected chi connectivity index (χ0v) is 13.8. The van der Waals surface area contributed by atoms with E-state index in [2.05, 4.69) is 4.98 Å². The number of rotatable bonds is 1. The first-order chi connectivity index (χ1) is 11.0. The van der Waals surface area contributed by atoms with Crippen molar-refractivity contribution in [1.82, 2.24) is 14.8 Å². The minimum atomic E-state index is 0.00149. The highest BCUT2D eigenvalue weighted by atomic mass is 16.2. The molecular formula is C18H21N3O2. The van der Waals surface area contributed by atoms with Crippen LogP contribution in [-0.4, -0.2) is 52.8 Å². The van der Waals surface area contributed by atoms with Gasteiger partial charge in [-0.05, 0) is 32.0 Å². The lowest BCUT2D eigenvalue weighted by Crippen LogP contribution is -2.50. The van der Waals surface area contributed by atoms with Crippen LogP contribution in [0.2, 0.25) is 0 Å². The number of piperazine rings is 1. The molecule has 3 rings (SSSR count). The van der Waals surface area contributed by atoms with Crippen LogP contribution >= 0.6 is 0 Å². The van der Waals surface area contributed by atoms with Gasteiger partial charge in [0.15, 0.2) is 0 Å². The van der Waals surface area contributed by atoms with Crippen molar-refractivity contribution in [1.29, 1.82) is 0 Å². The van der Waals surface area contributed by atoms with Gasteiger partial charge in [0.2, 0.25) is 5.91 Å². The molecule has 0 radical (unpaired) electrons. The third kappa shape index (κ3) is 3.04. The van der Waals surface area contributed by atoms with E-state index in [-0.39, 0.29) is 11.8 Å². The SMILES string of the molecule is CC(=O)N1CCN(C(=O)c2cc3cc(C)ccc3nc2C)CC1. The number of benzene rings is 1. The molecule has 1 saturated heterocycles. The van der Waals surface area contributed by atoms with Crippen LogP contribution < -0.4 is 0 Å². The predicted molar refractivity (Wildman–Crippen MR) is 89.4 cm³/mol. The molecule has 1 aliphatic heterocycles. The third-order valence-electron chi connectivity index (χ3n) is 4.40. The van der Waals surface area contributed by atoms with Gasteiger partial charge in [0.05, 0.1) is 16.8 Å². The number of hydrogen-bond acceptors (Lipinski definition) is 3. The molecule has 1 fully saturated rings. The Morgan fingerprint density at radius 3 is 2.30 bits per heavy atom. The number of nitrogens with zero attached hydrogens (tertiary/aromatic N) is 3. The van der Waals surface area contributed by atoms with Gasteiger partial charge in [-0.3, -0.25) is 14.6 Å². The van der Waals surface area contributed by atoms with Gasteiger partial charge in [-0.1, -0.05) is 11.6 Å². The summed E-state index contributed by atoms with van der Waals surface area (Å²) in [6.45, 7) is 7.81. The molecule has 2 aromatic rings. The first-order valence-electron chi connectivity index (χ1n) is 7.88. The summed E-state index contributed by atoms with van der Waals surface area (Å²) in [5.41, 5.74) is 3.46. The summed E-state index contributed by atoms with van der Waals surface area (Å²) in [6, 6.07) is 7.99. The zero-order chi connectivity index (χ0) is 16.6. The van der Waals surface area contributed by atoms with Gasteiger partial charge in [0, 0.05) is 38.5 Å². The number of carbonyl (C=O) groups excluding carboxylic acids is 2. The van der Waals surface area contributed by atoms with E-state index in [1.54, 1.807) is 11.8 Å². The number of fused-ring (bicyclic) bond motifs is 1.